The van der Waals surface area contributed by atoms with E-state index in [0.717, 1.165) is 66.1 Å². The summed E-state index contributed by atoms with van der Waals surface area (Å²) in [4.78, 5) is 10.5. The van der Waals surface area contributed by atoms with E-state index in [2.05, 4.69) is 106 Å². The summed E-state index contributed by atoms with van der Waals surface area (Å²) < 4.78 is 19.1. The fourth-order valence-corrected chi connectivity index (χ4v) is 7.34. The molecule has 0 spiro atoms. The van der Waals surface area contributed by atoms with E-state index in [4.69, 9.17) is 9.97 Å². The lowest BCUT2D eigenvalue weighted by Gasteiger charge is -2.12. The number of rotatable bonds is 3. The van der Waals surface area contributed by atoms with Gasteiger partial charge in [0.05, 0.1) is 33.3 Å². The van der Waals surface area contributed by atoms with Gasteiger partial charge in [-0.25, -0.2) is 14.4 Å². The van der Waals surface area contributed by atoms with E-state index in [1.165, 1.54) is 22.2 Å². The first kappa shape index (κ1) is 25.9. The average Bonchev–Trinajstić information content (AvgIpc) is 3.64. The van der Waals surface area contributed by atoms with Crippen LogP contribution in [0.3, 0.4) is 0 Å². The quantitative estimate of drug-likeness (QED) is 0.201. The summed E-state index contributed by atoms with van der Waals surface area (Å²) in [6.45, 7) is 0. The number of nitrogens with zero attached hydrogens (tertiary/aromatic N) is 4. The Balaban J connectivity index is 1.27. The van der Waals surface area contributed by atoms with Crippen molar-refractivity contribution >= 4 is 65.3 Å². The zero-order chi connectivity index (χ0) is 31.1. The first-order chi connectivity index (χ1) is 23.2. The van der Waals surface area contributed by atoms with Crippen molar-refractivity contribution in [3.8, 4) is 22.9 Å². The molecule has 10 rings (SSSR count). The van der Waals surface area contributed by atoms with E-state index >= 15 is 0 Å². The summed E-state index contributed by atoms with van der Waals surface area (Å²) in [5.74, 6) is 0.349. The summed E-state index contributed by atoms with van der Waals surface area (Å²) in [7, 11) is 0. The van der Waals surface area contributed by atoms with Gasteiger partial charge in [0.15, 0.2) is 0 Å². The molecular formula is C42H25FN4. The standard InChI is InChI=1S/C42H25FN4/c43-28-20-23-38-34(25-28)33-24-27(19-21-37(33)46(38)29-11-2-1-3-12-29)41-31-14-6-8-16-35(31)44-42(45-41)47-36-17-9-7-15-32(36)40-30-13-5-4-10-26(30)18-22-39(40)47/h1-25H. The molecule has 0 aliphatic rings. The molecule has 5 heteroatoms. The van der Waals surface area contributed by atoms with E-state index in [0.29, 0.717) is 5.95 Å². The fraction of sp³-hybridized carbons (Fsp3) is 0. The summed E-state index contributed by atoms with van der Waals surface area (Å²) >= 11 is 0. The van der Waals surface area contributed by atoms with Gasteiger partial charge in [-0.2, -0.15) is 0 Å². The summed E-state index contributed by atoms with van der Waals surface area (Å²) in [5.41, 5.74) is 7.73. The Morgan fingerprint density at radius 2 is 1.11 bits per heavy atom. The Hall–Kier alpha value is -6.33. The van der Waals surface area contributed by atoms with Crippen molar-refractivity contribution in [2.45, 2.75) is 0 Å². The van der Waals surface area contributed by atoms with Crippen molar-refractivity contribution in [2.24, 2.45) is 0 Å². The Kier molecular flexibility index (Phi) is 5.43. The van der Waals surface area contributed by atoms with Crippen LogP contribution in [0.15, 0.2) is 152 Å². The SMILES string of the molecule is Fc1ccc2c(c1)c1cc(-c3nc(-n4c5ccccc5c5c6ccccc6ccc54)nc4ccccc34)ccc1n2-c1ccccc1. The Bertz CT molecular complexity index is 2860. The molecule has 0 fully saturated rings. The highest BCUT2D eigenvalue weighted by Gasteiger charge is 2.20. The van der Waals surface area contributed by atoms with Gasteiger partial charge in [-0.05, 0) is 71.4 Å². The topological polar surface area (TPSA) is 35.6 Å². The second kappa shape index (κ2) is 9.83. The Labute approximate surface area is 268 Å². The molecule has 0 aliphatic carbocycles. The van der Waals surface area contributed by atoms with Crippen molar-refractivity contribution in [1.82, 2.24) is 19.1 Å². The number of halogens is 1. The van der Waals surface area contributed by atoms with Crippen molar-refractivity contribution in [3.05, 3.63) is 157 Å². The Morgan fingerprint density at radius 1 is 0.447 bits per heavy atom. The van der Waals surface area contributed by atoms with Crippen LogP contribution < -0.4 is 0 Å². The number of benzene rings is 7. The average molecular weight is 605 g/mol. The van der Waals surface area contributed by atoms with Crippen LogP contribution in [-0.2, 0) is 0 Å². The van der Waals surface area contributed by atoms with Crippen LogP contribution in [0.2, 0.25) is 0 Å². The van der Waals surface area contributed by atoms with Crippen LogP contribution in [0.5, 0.6) is 0 Å². The molecule has 4 nitrogen and oxygen atoms in total. The van der Waals surface area contributed by atoms with Gasteiger partial charge in [0.1, 0.15) is 5.82 Å². The lowest BCUT2D eigenvalue weighted by atomic mass is 10.0. The highest BCUT2D eigenvalue weighted by molar-refractivity contribution is 6.21. The summed E-state index contributed by atoms with van der Waals surface area (Å²) in [5, 5.41) is 7.53. The minimum Gasteiger partial charge on any atom is -0.309 e. The van der Waals surface area contributed by atoms with Crippen LogP contribution in [0.25, 0.3) is 88.2 Å². The lowest BCUT2D eigenvalue weighted by Crippen LogP contribution is -2.03. The van der Waals surface area contributed by atoms with Gasteiger partial charge in [-0.15, -0.1) is 0 Å². The number of fused-ring (bicyclic) bond motifs is 9. The third-order valence-electron chi connectivity index (χ3n) is 9.37. The van der Waals surface area contributed by atoms with Crippen LogP contribution in [0.1, 0.15) is 0 Å². The number of hydrogen-bond donors (Lipinski definition) is 0. The van der Waals surface area contributed by atoms with Gasteiger partial charge in [0, 0.05) is 38.2 Å². The monoisotopic (exact) mass is 604 g/mol. The smallest absolute Gasteiger partial charge is 0.235 e. The molecule has 0 saturated carbocycles. The molecule has 3 heterocycles. The zero-order valence-electron chi connectivity index (χ0n) is 25.1. The largest absolute Gasteiger partial charge is 0.309 e. The number of para-hydroxylation sites is 3. The van der Waals surface area contributed by atoms with Gasteiger partial charge in [0.25, 0.3) is 0 Å². The Morgan fingerprint density at radius 3 is 1.98 bits per heavy atom. The second-order valence-electron chi connectivity index (χ2n) is 12.0. The highest BCUT2D eigenvalue weighted by Crippen LogP contribution is 2.39. The zero-order valence-corrected chi connectivity index (χ0v) is 25.1. The maximum absolute atomic E-state index is 14.7. The van der Waals surface area contributed by atoms with Crippen LogP contribution in [0, 0.1) is 5.82 Å². The van der Waals surface area contributed by atoms with Gasteiger partial charge in [-0.1, -0.05) is 91.0 Å². The van der Waals surface area contributed by atoms with E-state index < -0.39 is 0 Å². The molecule has 0 N–H and O–H groups in total. The van der Waals surface area contributed by atoms with Crippen LogP contribution >= 0.6 is 0 Å². The van der Waals surface area contributed by atoms with Crippen molar-refractivity contribution < 1.29 is 4.39 Å². The first-order valence-corrected chi connectivity index (χ1v) is 15.7. The molecule has 10 aromatic rings. The molecule has 7 aromatic carbocycles. The third-order valence-corrected chi connectivity index (χ3v) is 9.37. The van der Waals surface area contributed by atoms with Gasteiger partial charge < -0.3 is 4.57 Å². The first-order valence-electron chi connectivity index (χ1n) is 15.7. The minimum atomic E-state index is -0.260. The van der Waals surface area contributed by atoms with Crippen molar-refractivity contribution in [2.75, 3.05) is 0 Å². The minimum absolute atomic E-state index is 0.260. The van der Waals surface area contributed by atoms with Gasteiger partial charge in [0.2, 0.25) is 5.95 Å². The maximum atomic E-state index is 14.7. The van der Waals surface area contributed by atoms with E-state index in [9.17, 15) is 4.39 Å². The van der Waals surface area contributed by atoms with E-state index in [-0.39, 0.29) is 5.82 Å². The molecule has 3 aromatic heterocycles. The normalized spacial score (nSPS) is 11.9. The number of aromatic nitrogens is 4. The lowest BCUT2D eigenvalue weighted by molar-refractivity contribution is 0.629. The molecule has 220 valence electrons. The van der Waals surface area contributed by atoms with Crippen LogP contribution in [-0.4, -0.2) is 19.1 Å². The van der Waals surface area contributed by atoms with E-state index in [1.54, 1.807) is 6.07 Å². The molecule has 0 saturated heterocycles. The fourth-order valence-electron chi connectivity index (χ4n) is 7.34. The predicted molar refractivity (Wildman–Crippen MR) is 191 cm³/mol. The van der Waals surface area contributed by atoms with Crippen LogP contribution in [0.4, 0.5) is 4.39 Å². The second-order valence-corrected chi connectivity index (χ2v) is 12.0. The maximum Gasteiger partial charge on any atom is 0.235 e. The highest BCUT2D eigenvalue weighted by atomic mass is 19.1. The molecular weight excluding hydrogens is 579 g/mol. The van der Waals surface area contributed by atoms with E-state index in [1.807, 2.05) is 42.5 Å². The van der Waals surface area contributed by atoms with Gasteiger partial charge >= 0.3 is 0 Å². The van der Waals surface area contributed by atoms with Crippen molar-refractivity contribution in [1.29, 1.82) is 0 Å². The molecule has 0 aliphatic heterocycles. The van der Waals surface area contributed by atoms with Crippen molar-refractivity contribution in [3.63, 3.8) is 0 Å². The summed E-state index contributed by atoms with van der Waals surface area (Å²) in [6, 6.07) is 51.1. The number of hydrogen-bond acceptors (Lipinski definition) is 2. The molecule has 0 radical (unpaired) electrons. The predicted octanol–water partition coefficient (Wildman–Crippen LogP) is 10.8. The molecule has 47 heavy (non-hydrogen) atoms. The molecule has 0 bridgehead atoms. The van der Waals surface area contributed by atoms with Gasteiger partial charge in [-0.3, -0.25) is 4.57 Å². The molecule has 0 amide bonds. The third kappa shape index (κ3) is 3.80. The molecule has 0 unspecified atom stereocenters. The summed E-state index contributed by atoms with van der Waals surface area (Å²) in [6.07, 6.45) is 0. The molecule has 0 atom stereocenters.